The number of rotatable bonds is 1. The summed E-state index contributed by atoms with van der Waals surface area (Å²) in [5.74, 6) is -0.473. The topological polar surface area (TPSA) is 67.5 Å². The summed E-state index contributed by atoms with van der Waals surface area (Å²) < 4.78 is 0. The summed E-state index contributed by atoms with van der Waals surface area (Å²) in [6, 6.07) is 9.80. The number of nitrogens with two attached hydrogens (primary N) is 1. The number of nitrogens with one attached hydrogen (secondary N) is 1. The first-order valence-electron chi connectivity index (χ1n) is 5.38. The fourth-order valence-corrected chi connectivity index (χ4v) is 2.09. The van der Waals surface area contributed by atoms with Crippen LogP contribution in [0.2, 0.25) is 0 Å². The summed E-state index contributed by atoms with van der Waals surface area (Å²) in [6.07, 6.45) is 3.58. The molecule has 0 fully saturated rings. The maximum atomic E-state index is 11.6. The molecule has 0 saturated heterocycles. The molecular weight excluding hydrogens is 214 g/mol. The number of hydrogen-bond acceptors (Lipinski definition) is 3. The number of amides is 1. The van der Waals surface area contributed by atoms with Gasteiger partial charge in [-0.05, 0) is 17.7 Å². The predicted molar refractivity (Wildman–Crippen MR) is 65.8 cm³/mol. The van der Waals surface area contributed by atoms with Gasteiger partial charge in [-0.3, -0.25) is 4.79 Å². The second-order valence-corrected chi connectivity index (χ2v) is 4.04. The minimum Gasteiger partial charge on any atom is -0.399 e. The molecule has 1 aliphatic carbocycles. The van der Waals surface area contributed by atoms with E-state index in [1.807, 2.05) is 36.4 Å². The van der Waals surface area contributed by atoms with Crippen molar-refractivity contribution >= 4 is 17.2 Å². The molecule has 1 amide bonds. The summed E-state index contributed by atoms with van der Waals surface area (Å²) in [6.45, 7) is 0. The van der Waals surface area contributed by atoms with E-state index in [0.29, 0.717) is 5.70 Å². The van der Waals surface area contributed by atoms with Crippen LogP contribution in [-0.2, 0) is 4.79 Å². The van der Waals surface area contributed by atoms with Crippen LogP contribution in [0.4, 0.5) is 0 Å². The highest BCUT2D eigenvalue weighted by Crippen LogP contribution is 2.28. The Labute approximate surface area is 98.5 Å². The molecule has 17 heavy (non-hydrogen) atoms. The number of allylic oxidation sites excluding steroid dienone is 2. The van der Waals surface area contributed by atoms with Gasteiger partial charge in [0, 0.05) is 11.3 Å². The van der Waals surface area contributed by atoms with Gasteiger partial charge in [0.05, 0.1) is 5.71 Å². The molecule has 3 rings (SSSR count). The third-order valence-electron chi connectivity index (χ3n) is 2.89. The van der Waals surface area contributed by atoms with Gasteiger partial charge in [-0.25, -0.2) is 5.43 Å². The zero-order chi connectivity index (χ0) is 11.8. The SMILES string of the molecule is NC1=CC2C(=O)NN=C2C(c2ccccc2)=C1. The fraction of sp³-hybridized carbons (Fsp3) is 0.0769. The summed E-state index contributed by atoms with van der Waals surface area (Å²) in [5.41, 5.74) is 11.6. The number of nitrogens with zero attached hydrogens (tertiary/aromatic N) is 1. The van der Waals surface area contributed by atoms with E-state index in [2.05, 4.69) is 10.5 Å². The molecule has 1 unspecified atom stereocenters. The Morgan fingerprint density at radius 2 is 2.00 bits per heavy atom. The Balaban J connectivity index is 2.11. The van der Waals surface area contributed by atoms with E-state index in [4.69, 9.17) is 5.73 Å². The van der Waals surface area contributed by atoms with E-state index in [1.54, 1.807) is 6.08 Å². The van der Waals surface area contributed by atoms with Gasteiger partial charge in [0.2, 0.25) is 0 Å². The summed E-state index contributed by atoms with van der Waals surface area (Å²) in [4.78, 5) is 11.6. The van der Waals surface area contributed by atoms with E-state index in [-0.39, 0.29) is 11.8 Å². The molecule has 4 nitrogen and oxygen atoms in total. The smallest absolute Gasteiger partial charge is 0.253 e. The molecular formula is C13H11N3O. The molecule has 0 aromatic heterocycles. The van der Waals surface area contributed by atoms with Crippen molar-refractivity contribution in [1.82, 2.24) is 5.43 Å². The van der Waals surface area contributed by atoms with E-state index in [0.717, 1.165) is 16.8 Å². The summed E-state index contributed by atoms with van der Waals surface area (Å²) in [7, 11) is 0. The highest BCUT2D eigenvalue weighted by Gasteiger charge is 2.33. The van der Waals surface area contributed by atoms with Gasteiger partial charge in [-0.1, -0.05) is 30.3 Å². The Kier molecular flexibility index (Phi) is 2.08. The van der Waals surface area contributed by atoms with Crippen LogP contribution >= 0.6 is 0 Å². The number of hydrazone groups is 1. The van der Waals surface area contributed by atoms with Crippen molar-refractivity contribution in [2.45, 2.75) is 0 Å². The Bertz CT molecular complexity index is 570. The number of hydrogen-bond donors (Lipinski definition) is 2. The molecule has 0 radical (unpaired) electrons. The lowest BCUT2D eigenvalue weighted by Gasteiger charge is -2.16. The van der Waals surface area contributed by atoms with E-state index in [9.17, 15) is 4.79 Å². The summed E-state index contributed by atoms with van der Waals surface area (Å²) in [5, 5.41) is 4.08. The van der Waals surface area contributed by atoms with Crippen LogP contribution in [0, 0.1) is 5.92 Å². The third kappa shape index (κ3) is 1.54. The number of benzene rings is 1. The molecule has 2 aliphatic rings. The molecule has 4 heteroatoms. The molecule has 0 saturated carbocycles. The third-order valence-corrected chi connectivity index (χ3v) is 2.89. The maximum Gasteiger partial charge on any atom is 0.253 e. The zero-order valence-corrected chi connectivity index (χ0v) is 9.05. The van der Waals surface area contributed by atoms with Gasteiger partial charge >= 0.3 is 0 Å². The lowest BCUT2D eigenvalue weighted by molar-refractivity contribution is -0.121. The molecule has 1 aliphatic heterocycles. The average molecular weight is 225 g/mol. The van der Waals surface area contributed by atoms with Crippen LogP contribution in [0.25, 0.3) is 5.57 Å². The highest BCUT2D eigenvalue weighted by atomic mass is 16.2. The van der Waals surface area contributed by atoms with Crippen molar-refractivity contribution in [3.05, 3.63) is 53.7 Å². The zero-order valence-electron chi connectivity index (χ0n) is 9.05. The van der Waals surface area contributed by atoms with Gasteiger partial charge in [-0.15, -0.1) is 0 Å². The molecule has 0 bridgehead atoms. The van der Waals surface area contributed by atoms with Crippen molar-refractivity contribution in [2.24, 2.45) is 16.8 Å². The van der Waals surface area contributed by atoms with Crippen LogP contribution in [0.3, 0.4) is 0 Å². The first-order chi connectivity index (χ1) is 8.25. The predicted octanol–water partition coefficient (Wildman–Crippen LogP) is 1.03. The summed E-state index contributed by atoms with van der Waals surface area (Å²) >= 11 is 0. The monoisotopic (exact) mass is 225 g/mol. The average Bonchev–Trinajstić information content (AvgIpc) is 2.72. The lowest BCUT2D eigenvalue weighted by atomic mass is 9.87. The van der Waals surface area contributed by atoms with Gasteiger partial charge in [0.1, 0.15) is 5.92 Å². The molecule has 1 atom stereocenters. The lowest BCUT2D eigenvalue weighted by Crippen LogP contribution is -2.25. The molecule has 1 aromatic carbocycles. The molecule has 1 aromatic rings. The number of carbonyl (C=O) groups is 1. The van der Waals surface area contributed by atoms with Crippen LogP contribution < -0.4 is 11.2 Å². The van der Waals surface area contributed by atoms with Crippen LogP contribution in [0.5, 0.6) is 0 Å². The van der Waals surface area contributed by atoms with Crippen molar-refractivity contribution in [3.8, 4) is 0 Å². The molecule has 84 valence electrons. The van der Waals surface area contributed by atoms with E-state index < -0.39 is 0 Å². The molecule has 3 N–H and O–H groups in total. The molecule has 1 heterocycles. The van der Waals surface area contributed by atoms with Crippen molar-refractivity contribution in [2.75, 3.05) is 0 Å². The number of fused-ring (bicyclic) bond motifs is 1. The van der Waals surface area contributed by atoms with Crippen LogP contribution in [-0.4, -0.2) is 11.6 Å². The standard InChI is InChI=1S/C13H11N3O/c14-9-6-10(8-4-2-1-3-5-8)12-11(7-9)13(17)16-15-12/h1-7,11H,14H2,(H,16,17). The first-order valence-corrected chi connectivity index (χ1v) is 5.38. The second kappa shape index (κ2) is 3.59. The Hall–Kier alpha value is -2.36. The van der Waals surface area contributed by atoms with Crippen LogP contribution in [0.15, 0.2) is 53.3 Å². The van der Waals surface area contributed by atoms with Gasteiger partial charge < -0.3 is 5.73 Å². The van der Waals surface area contributed by atoms with Gasteiger partial charge in [0.25, 0.3) is 5.91 Å². The Morgan fingerprint density at radius 3 is 2.76 bits per heavy atom. The van der Waals surface area contributed by atoms with E-state index >= 15 is 0 Å². The number of carbonyl (C=O) groups excluding carboxylic acids is 1. The quantitative estimate of drug-likeness (QED) is 0.749. The van der Waals surface area contributed by atoms with E-state index in [1.165, 1.54) is 0 Å². The first kappa shape index (κ1) is 9.84. The fourth-order valence-electron chi connectivity index (χ4n) is 2.09. The van der Waals surface area contributed by atoms with Crippen molar-refractivity contribution < 1.29 is 4.79 Å². The van der Waals surface area contributed by atoms with Gasteiger partial charge in [0.15, 0.2) is 0 Å². The van der Waals surface area contributed by atoms with Crippen LogP contribution in [0.1, 0.15) is 5.56 Å². The normalized spacial score (nSPS) is 22.2. The minimum absolute atomic E-state index is 0.121. The van der Waals surface area contributed by atoms with Gasteiger partial charge in [-0.2, -0.15) is 5.10 Å². The largest absolute Gasteiger partial charge is 0.399 e. The Morgan fingerprint density at radius 1 is 1.24 bits per heavy atom. The van der Waals surface area contributed by atoms with Crippen molar-refractivity contribution in [1.29, 1.82) is 0 Å². The maximum absolute atomic E-state index is 11.6. The minimum atomic E-state index is -0.352. The van der Waals surface area contributed by atoms with Crippen molar-refractivity contribution in [3.63, 3.8) is 0 Å². The second-order valence-electron chi connectivity index (χ2n) is 4.04. The highest BCUT2D eigenvalue weighted by molar-refractivity contribution is 6.33. The molecule has 0 spiro atoms.